The number of methoxy groups -OCH3 is 1. The maximum atomic E-state index is 5.00. The highest BCUT2D eigenvalue weighted by Crippen LogP contribution is 2.19. The van der Waals surface area contributed by atoms with Gasteiger partial charge in [-0.1, -0.05) is 13.3 Å². The van der Waals surface area contributed by atoms with E-state index in [0.717, 1.165) is 25.7 Å². The van der Waals surface area contributed by atoms with E-state index < -0.39 is 0 Å². The number of ether oxygens (including phenoxy) is 1. The SMILES string of the molecule is CCC1CCCCN1CCCNCCOC. The summed E-state index contributed by atoms with van der Waals surface area (Å²) >= 11 is 0. The second-order valence-corrected chi connectivity index (χ2v) is 4.69. The van der Waals surface area contributed by atoms with Gasteiger partial charge in [0.15, 0.2) is 0 Å². The Kier molecular flexibility index (Phi) is 7.81. The Morgan fingerprint density at radius 2 is 2.19 bits per heavy atom. The molecule has 0 aromatic heterocycles. The highest BCUT2D eigenvalue weighted by molar-refractivity contribution is 4.75. The van der Waals surface area contributed by atoms with Gasteiger partial charge in [-0.3, -0.25) is 0 Å². The van der Waals surface area contributed by atoms with Crippen molar-refractivity contribution in [3.05, 3.63) is 0 Å². The van der Waals surface area contributed by atoms with E-state index in [1.165, 1.54) is 45.2 Å². The van der Waals surface area contributed by atoms with Crippen LogP contribution in [0.3, 0.4) is 0 Å². The fourth-order valence-corrected chi connectivity index (χ4v) is 2.52. The van der Waals surface area contributed by atoms with Crippen LogP contribution >= 0.6 is 0 Å². The minimum Gasteiger partial charge on any atom is -0.383 e. The predicted octanol–water partition coefficient (Wildman–Crippen LogP) is 1.88. The summed E-state index contributed by atoms with van der Waals surface area (Å²) in [5, 5.41) is 3.41. The Morgan fingerprint density at radius 1 is 1.31 bits per heavy atom. The van der Waals surface area contributed by atoms with Crippen molar-refractivity contribution < 1.29 is 4.74 Å². The lowest BCUT2D eigenvalue weighted by Gasteiger charge is -2.35. The van der Waals surface area contributed by atoms with Crippen molar-refractivity contribution in [2.45, 2.75) is 45.1 Å². The molecule has 0 aromatic carbocycles. The molecular weight excluding hydrogens is 200 g/mol. The first-order chi connectivity index (χ1) is 7.88. The van der Waals surface area contributed by atoms with Crippen LogP contribution in [0.1, 0.15) is 39.0 Å². The summed E-state index contributed by atoms with van der Waals surface area (Å²) < 4.78 is 5.00. The predicted molar refractivity (Wildman–Crippen MR) is 68.9 cm³/mol. The summed E-state index contributed by atoms with van der Waals surface area (Å²) in [6, 6.07) is 0.854. The van der Waals surface area contributed by atoms with Crippen LogP contribution in [0.2, 0.25) is 0 Å². The summed E-state index contributed by atoms with van der Waals surface area (Å²) in [5.41, 5.74) is 0. The zero-order valence-electron chi connectivity index (χ0n) is 11.0. The molecule has 16 heavy (non-hydrogen) atoms. The smallest absolute Gasteiger partial charge is 0.0587 e. The fraction of sp³-hybridized carbons (Fsp3) is 1.00. The lowest BCUT2D eigenvalue weighted by atomic mass is 10.00. The van der Waals surface area contributed by atoms with Crippen molar-refractivity contribution in [2.75, 3.05) is 39.9 Å². The molecule has 96 valence electrons. The maximum absolute atomic E-state index is 5.00. The van der Waals surface area contributed by atoms with E-state index in [2.05, 4.69) is 17.1 Å². The van der Waals surface area contributed by atoms with E-state index >= 15 is 0 Å². The number of rotatable bonds is 8. The molecular formula is C13H28N2O. The van der Waals surface area contributed by atoms with Gasteiger partial charge < -0.3 is 15.0 Å². The van der Waals surface area contributed by atoms with Crippen molar-refractivity contribution in [1.82, 2.24) is 10.2 Å². The number of hydrogen-bond acceptors (Lipinski definition) is 3. The van der Waals surface area contributed by atoms with Gasteiger partial charge in [-0.05, 0) is 45.3 Å². The van der Waals surface area contributed by atoms with E-state index in [0.29, 0.717) is 0 Å². The zero-order chi connectivity index (χ0) is 11.6. The van der Waals surface area contributed by atoms with Gasteiger partial charge in [0.25, 0.3) is 0 Å². The van der Waals surface area contributed by atoms with Crippen molar-refractivity contribution >= 4 is 0 Å². The molecule has 1 heterocycles. The maximum Gasteiger partial charge on any atom is 0.0587 e. The lowest BCUT2D eigenvalue weighted by molar-refractivity contribution is 0.141. The van der Waals surface area contributed by atoms with Gasteiger partial charge in [0.2, 0.25) is 0 Å². The molecule has 0 aliphatic carbocycles. The summed E-state index contributed by atoms with van der Waals surface area (Å²) in [7, 11) is 1.75. The van der Waals surface area contributed by atoms with Gasteiger partial charge in [-0.15, -0.1) is 0 Å². The Morgan fingerprint density at radius 3 is 2.94 bits per heavy atom. The quantitative estimate of drug-likeness (QED) is 0.642. The van der Waals surface area contributed by atoms with Gasteiger partial charge in [0, 0.05) is 19.7 Å². The molecule has 0 saturated carbocycles. The molecule has 1 unspecified atom stereocenters. The van der Waals surface area contributed by atoms with Gasteiger partial charge in [0.1, 0.15) is 0 Å². The molecule has 1 aliphatic heterocycles. The van der Waals surface area contributed by atoms with Crippen LogP contribution in [0.25, 0.3) is 0 Å². The van der Waals surface area contributed by atoms with Gasteiger partial charge >= 0.3 is 0 Å². The average molecular weight is 228 g/mol. The normalized spacial score (nSPS) is 22.5. The van der Waals surface area contributed by atoms with Crippen LogP contribution in [-0.4, -0.2) is 50.8 Å². The first-order valence-corrected chi connectivity index (χ1v) is 6.82. The Labute approximate surface area is 101 Å². The molecule has 1 atom stereocenters. The van der Waals surface area contributed by atoms with E-state index in [1.807, 2.05) is 0 Å². The van der Waals surface area contributed by atoms with Crippen LogP contribution in [0.4, 0.5) is 0 Å². The van der Waals surface area contributed by atoms with Gasteiger partial charge in [-0.25, -0.2) is 0 Å². The summed E-state index contributed by atoms with van der Waals surface area (Å²) in [4.78, 5) is 2.68. The highest BCUT2D eigenvalue weighted by atomic mass is 16.5. The molecule has 0 aromatic rings. The molecule has 1 fully saturated rings. The molecule has 0 spiro atoms. The highest BCUT2D eigenvalue weighted by Gasteiger charge is 2.19. The van der Waals surface area contributed by atoms with E-state index in [9.17, 15) is 0 Å². The molecule has 3 heteroatoms. The topological polar surface area (TPSA) is 24.5 Å². The molecule has 3 nitrogen and oxygen atoms in total. The molecule has 1 saturated heterocycles. The van der Waals surface area contributed by atoms with Gasteiger partial charge in [0.05, 0.1) is 6.61 Å². The molecule has 0 bridgehead atoms. The van der Waals surface area contributed by atoms with Crippen LogP contribution in [0.5, 0.6) is 0 Å². The summed E-state index contributed by atoms with van der Waals surface area (Å²) in [6.45, 7) is 7.82. The molecule has 1 aliphatic rings. The van der Waals surface area contributed by atoms with Gasteiger partial charge in [-0.2, -0.15) is 0 Å². The first kappa shape index (κ1) is 13.9. The monoisotopic (exact) mass is 228 g/mol. The number of hydrogen-bond donors (Lipinski definition) is 1. The molecule has 1 N–H and O–H groups in total. The Bertz CT molecular complexity index is 164. The zero-order valence-corrected chi connectivity index (χ0v) is 11.0. The van der Waals surface area contributed by atoms with Crippen LogP contribution < -0.4 is 5.32 Å². The number of piperidine rings is 1. The molecule has 1 rings (SSSR count). The van der Waals surface area contributed by atoms with Crippen molar-refractivity contribution in [3.63, 3.8) is 0 Å². The van der Waals surface area contributed by atoms with Crippen molar-refractivity contribution in [3.8, 4) is 0 Å². The standard InChI is InChI=1S/C13H28N2O/c1-3-13-7-4-5-10-15(13)11-6-8-14-9-12-16-2/h13-14H,3-12H2,1-2H3. The second-order valence-electron chi connectivity index (χ2n) is 4.69. The van der Waals surface area contributed by atoms with Crippen molar-refractivity contribution in [2.24, 2.45) is 0 Å². The Hall–Kier alpha value is -0.120. The van der Waals surface area contributed by atoms with E-state index in [-0.39, 0.29) is 0 Å². The summed E-state index contributed by atoms with van der Waals surface area (Å²) in [6.07, 6.45) is 6.82. The minimum atomic E-state index is 0.821. The van der Waals surface area contributed by atoms with Crippen LogP contribution in [0, 0.1) is 0 Å². The van der Waals surface area contributed by atoms with Crippen molar-refractivity contribution in [1.29, 1.82) is 0 Å². The third-order valence-electron chi connectivity index (χ3n) is 3.50. The van der Waals surface area contributed by atoms with E-state index in [4.69, 9.17) is 4.74 Å². The minimum absolute atomic E-state index is 0.821. The number of nitrogens with zero attached hydrogens (tertiary/aromatic N) is 1. The fourth-order valence-electron chi connectivity index (χ4n) is 2.52. The number of nitrogens with one attached hydrogen (secondary N) is 1. The molecule has 0 amide bonds. The first-order valence-electron chi connectivity index (χ1n) is 6.82. The lowest BCUT2D eigenvalue weighted by Crippen LogP contribution is -2.40. The van der Waals surface area contributed by atoms with Crippen LogP contribution in [0.15, 0.2) is 0 Å². The average Bonchev–Trinajstić information content (AvgIpc) is 2.34. The third kappa shape index (κ3) is 5.28. The number of likely N-dealkylation sites (tertiary alicyclic amines) is 1. The Balaban J connectivity index is 2.02. The van der Waals surface area contributed by atoms with E-state index in [1.54, 1.807) is 7.11 Å². The third-order valence-corrected chi connectivity index (χ3v) is 3.50. The molecule has 0 radical (unpaired) electrons. The largest absolute Gasteiger partial charge is 0.383 e. The summed E-state index contributed by atoms with van der Waals surface area (Å²) in [5.74, 6) is 0. The van der Waals surface area contributed by atoms with Crippen LogP contribution in [-0.2, 0) is 4.74 Å². The second kappa shape index (κ2) is 8.97.